The zero-order valence-electron chi connectivity index (χ0n) is 15.6. The monoisotopic (exact) mass is 341 g/mol. The van der Waals surface area contributed by atoms with E-state index in [0.29, 0.717) is 18.2 Å². The fourth-order valence-corrected chi connectivity index (χ4v) is 2.39. The van der Waals surface area contributed by atoms with Crippen LogP contribution in [0.25, 0.3) is 0 Å². The van der Waals surface area contributed by atoms with Gasteiger partial charge in [-0.25, -0.2) is 9.97 Å². The largest absolute Gasteiger partial charge is 0.353 e. The van der Waals surface area contributed by atoms with E-state index in [1.54, 1.807) is 12.3 Å². The molecule has 1 amide bonds. The van der Waals surface area contributed by atoms with Gasteiger partial charge in [0.05, 0.1) is 0 Å². The van der Waals surface area contributed by atoms with Crippen LogP contribution in [-0.2, 0) is 5.41 Å². The van der Waals surface area contributed by atoms with Crippen LogP contribution in [0.2, 0.25) is 0 Å². The van der Waals surface area contributed by atoms with Crippen LogP contribution in [-0.4, -0.2) is 48.0 Å². The first-order valence-electron chi connectivity index (χ1n) is 8.40. The maximum Gasteiger partial charge on any atom is 0.274 e. The van der Waals surface area contributed by atoms with Gasteiger partial charge in [0.1, 0.15) is 5.69 Å². The zero-order chi connectivity index (χ0) is 18.4. The average molecular weight is 341 g/mol. The highest BCUT2D eigenvalue weighted by Crippen LogP contribution is 2.29. The average Bonchev–Trinajstić information content (AvgIpc) is 2.54. The van der Waals surface area contributed by atoms with Gasteiger partial charge in [-0.05, 0) is 37.2 Å². The number of likely N-dealkylation sites (N-methyl/N-ethyl adjacent to an activating group) is 1. The van der Waals surface area contributed by atoms with E-state index < -0.39 is 0 Å². The van der Waals surface area contributed by atoms with Crippen molar-refractivity contribution in [3.05, 3.63) is 47.8 Å². The molecular weight excluding hydrogens is 314 g/mol. The first-order chi connectivity index (χ1) is 11.8. The van der Waals surface area contributed by atoms with Crippen molar-refractivity contribution >= 4 is 17.5 Å². The Morgan fingerprint density at radius 1 is 1.16 bits per heavy atom. The number of carbonyl (C=O) groups excluding carboxylic acids is 1. The number of anilines is 2. The van der Waals surface area contributed by atoms with Crippen LogP contribution >= 0.6 is 0 Å². The van der Waals surface area contributed by atoms with Crippen molar-refractivity contribution in [3.8, 4) is 0 Å². The Bertz CT molecular complexity index is 722. The van der Waals surface area contributed by atoms with E-state index in [1.165, 1.54) is 0 Å². The zero-order valence-corrected chi connectivity index (χ0v) is 15.6. The molecule has 1 aromatic heterocycles. The molecule has 0 saturated carbocycles. The second kappa shape index (κ2) is 8.07. The molecule has 0 aliphatic heterocycles. The molecule has 0 spiro atoms. The van der Waals surface area contributed by atoms with Gasteiger partial charge in [-0.15, -0.1) is 0 Å². The molecule has 0 aliphatic carbocycles. The first-order valence-corrected chi connectivity index (χ1v) is 8.40. The highest BCUT2D eigenvalue weighted by molar-refractivity contribution is 6.03. The van der Waals surface area contributed by atoms with Crippen LogP contribution in [0.4, 0.5) is 11.6 Å². The summed E-state index contributed by atoms with van der Waals surface area (Å²) in [5.41, 5.74) is 2.17. The van der Waals surface area contributed by atoms with Gasteiger partial charge in [0.2, 0.25) is 5.95 Å². The molecule has 0 saturated heterocycles. The van der Waals surface area contributed by atoms with Gasteiger partial charge in [-0.3, -0.25) is 4.79 Å². The summed E-state index contributed by atoms with van der Waals surface area (Å²) in [7, 11) is 4.00. The molecule has 0 atom stereocenters. The van der Waals surface area contributed by atoms with Crippen LogP contribution in [0.15, 0.2) is 36.5 Å². The highest BCUT2D eigenvalue weighted by Gasteiger charge is 2.19. The molecule has 0 radical (unpaired) electrons. The smallest absolute Gasteiger partial charge is 0.274 e. The van der Waals surface area contributed by atoms with Crippen molar-refractivity contribution in [1.29, 1.82) is 0 Å². The van der Waals surface area contributed by atoms with Gasteiger partial charge in [0, 0.05) is 25.0 Å². The molecule has 2 aromatic rings. The minimum Gasteiger partial charge on any atom is -0.353 e. The van der Waals surface area contributed by atoms with Gasteiger partial charge >= 0.3 is 0 Å². The summed E-state index contributed by atoms with van der Waals surface area (Å²) in [6.07, 6.45) is 1.59. The standard InChI is InChI=1S/C19H27N5O/c1-19(2,3)14-8-6-7-9-15(14)22-17(25)16-10-11-20-18(23-16)21-12-13-24(4)5/h6-11H,12-13H2,1-5H3,(H,22,25)(H,20,21,23). The van der Waals surface area contributed by atoms with E-state index in [0.717, 1.165) is 17.8 Å². The maximum atomic E-state index is 12.6. The summed E-state index contributed by atoms with van der Waals surface area (Å²) in [5, 5.41) is 6.10. The van der Waals surface area contributed by atoms with E-state index in [4.69, 9.17) is 0 Å². The number of nitrogens with one attached hydrogen (secondary N) is 2. The third-order valence-corrected chi connectivity index (χ3v) is 3.71. The lowest BCUT2D eigenvalue weighted by Crippen LogP contribution is -2.22. The Kier molecular flexibility index (Phi) is 6.09. The fourth-order valence-electron chi connectivity index (χ4n) is 2.39. The fraction of sp³-hybridized carbons (Fsp3) is 0.421. The topological polar surface area (TPSA) is 70.2 Å². The first kappa shape index (κ1) is 18.9. The second-order valence-corrected chi connectivity index (χ2v) is 7.25. The van der Waals surface area contributed by atoms with E-state index in [2.05, 4.69) is 46.3 Å². The predicted molar refractivity (Wildman–Crippen MR) is 102 cm³/mol. The molecule has 25 heavy (non-hydrogen) atoms. The molecule has 2 N–H and O–H groups in total. The molecular formula is C19H27N5O. The van der Waals surface area contributed by atoms with Crippen molar-refractivity contribution < 1.29 is 4.79 Å². The highest BCUT2D eigenvalue weighted by atomic mass is 16.1. The number of hydrogen-bond donors (Lipinski definition) is 2. The van der Waals surface area contributed by atoms with Crippen molar-refractivity contribution in [3.63, 3.8) is 0 Å². The number of nitrogens with zero attached hydrogens (tertiary/aromatic N) is 3. The van der Waals surface area contributed by atoms with Crippen molar-refractivity contribution in [2.24, 2.45) is 0 Å². The summed E-state index contributed by atoms with van der Waals surface area (Å²) in [6, 6.07) is 9.46. The molecule has 6 nitrogen and oxygen atoms in total. The third-order valence-electron chi connectivity index (χ3n) is 3.71. The number of rotatable bonds is 6. The Hall–Kier alpha value is -2.47. The van der Waals surface area contributed by atoms with Gasteiger partial charge in [-0.1, -0.05) is 39.0 Å². The lowest BCUT2D eigenvalue weighted by atomic mass is 9.86. The van der Waals surface area contributed by atoms with Crippen LogP contribution in [0.1, 0.15) is 36.8 Å². The summed E-state index contributed by atoms with van der Waals surface area (Å²) in [5.74, 6) is 0.216. The molecule has 134 valence electrons. The Morgan fingerprint density at radius 3 is 2.56 bits per heavy atom. The summed E-state index contributed by atoms with van der Waals surface area (Å²) >= 11 is 0. The van der Waals surface area contributed by atoms with Crippen LogP contribution in [0, 0.1) is 0 Å². The van der Waals surface area contributed by atoms with Gasteiger partial charge in [0.15, 0.2) is 0 Å². The van der Waals surface area contributed by atoms with Crippen LogP contribution < -0.4 is 10.6 Å². The number of carbonyl (C=O) groups is 1. The SMILES string of the molecule is CN(C)CCNc1nccc(C(=O)Nc2ccccc2C(C)(C)C)n1. The lowest BCUT2D eigenvalue weighted by molar-refractivity contribution is 0.102. The molecule has 0 bridgehead atoms. The summed E-state index contributed by atoms with van der Waals surface area (Å²) in [6.45, 7) is 7.93. The van der Waals surface area contributed by atoms with E-state index in [-0.39, 0.29) is 11.3 Å². The van der Waals surface area contributed by atoms with E-state index in [1.807, 2.05) is 38.4 Å². The Balaban J connectivity index is 2.12. The maximum absolute atomic E-state index is 12.6. The number of para-hydroxylation sites is 1. The van der Waals surface area contributed by atoms with Crippen molar-refractivity contribution in [1.82, 2.24) is 14.9 Å². The molecule has 1 heterocycles. The minimum atomic E-state index is -0.241. The molecule has 0 aliphatic rings. The molecule has 0 fully saturated rings. The quantitative estimate of drug-likeness (QED) is 0.845. The number of benzene rings is 1. The predicted octanol–water partition coefficient (Wildman–Crippen LogP) is 3.00. The Labute approximate surface area is 149 Å². The van der Waals surface area contributed by atoms with E-state index >= 15 is 0 Å². The van der Waals surface area contributed by atoms with Crippen molar-refractivity contribution in [2.75, 3.05) is 37.8 Å². The van der Waals surface area contributed by atoms with Gasteiger partial charge in [0.25, 0.3) is 5.91 Å². The number of aromatic nitrogens is 2. The Morgan fingerprint density at radius 2 is 1.88 bits per heavy atom. The third kappa shape index (κ3) is 5.53. The summed E-state index contributed by atoms with van der Waals surface area (Å²) < 4.78 is 0. The van der Waals surface area contributed by atoms with Crippen molar-refractivity contribution in [2.45, 2.75) is 26.2 Å². The minimum absolute atomic E-state index is 0.0611. The lowest BCUT2D eigenvalue weighted by Gasteiger charge is -2.22. The molecule has 0 unspecified atom stereocenters. The summed E-state index contributed by atoms with van der Waals surface area (Å²) in [4.78, 5) is 23.1. The molecule has 6 heteroatoms. The van der Waals surface area contributed by atoms with Gasteiger partial charge in [-0.2, -0.15) is 0 Å². The van der Waals surface area contributed by atoms with E-state index in [9.17, 15) is 4.79 Å². The number of hydrogen-bond acceptors (Lipinski definition) is 5. The van der Waals surface area contributed by atoms with Crippen LogP contribution in [0.5, 0.6) is 0 Å². The number of amides is 1. The normalized spacial score (nSPS) is 11.4. The van der Waals surface area contributed by atoms with Crippen LogP contribution in [0.3, 0.4) is 0 Å². The molecule has 1 aromatic carbocycles. The second-order valence-electron chi connectivity index (χ2n) is 7.25. The molecule has 2 rings (SSSR count). The van der Waals surface area contributed by atoms with Gasteiger partial charge < -0.3 is 15.5 Å².